The van der Waals surface area contributed by atoms with Gasteiger partial charge in [0.25, 0.3) is 0 Å². The zero-order valence-corrected chi connectivity index (χ0v) is 12.9. The van der Waals surface area contributed by atoms with E-state index >= 15 is 0 Å². The van der Waals surface area contributed by atoms with Crippen LogP contribution in [0, 0.1) is 0 Å². The maximum Gasteiger partial charge on any atom is 0.00675 e. The van der Waals surface area contributed by atoms with E-state index in [1.165, 1.54) is 71.0 Å². The van der Waals surface area contributed by atoms with Crippen LogP contribution in [0.2, 0.25) is 0 Å². The number of piperidine rings is 1. The van der Waals surface area contributed by atoms with Gasteiger partial charge in [-0.15, -0.1) is 0 Å². The molecule has 0 aromatic heterocycles. The molecule has 0 aromatic carbocycles. The minimum atomic E-state index is 0.709. The molecule has 1 aliphatic heterocycles. The molecule has 18 heavy (non-hydrogen) atoms. The molecule has 0 aliphatic carbocycles. The summed E-state index contributed by atoms with van der Waals surface area (Å²) in [7, 11) is 0. The van der Waals surface area contributed by atoms with Crippen LogP contribution in [0.25, 0.3) is 0 Å². The smallest absolute Gasteiger partial charge is 0.00675 e. The molecule has 1 heterocycles. The number of rotatable bonds is 9. The zero-order valence-electron chi connectivity index (χ0n) is 12.9. The number of hydrogen-bond donors (Lipinski definition) is 1. The molecule has 0 spiro atoms. The molecule has 0 radical (unpaired) electrons. The summed E-state index contributed by atoms with van der Waals surface area (Å²) >= 11 is 0. The van der Waals surface area contributed by atoms with Gasteiger partial charge in [-0.25, -0.2) is 0 Å². The summed E-state index contributed by atoms with van der Waals surface area (Å²) in [6.07, 6.45) is 11.0. The second kappa shape index (κ2) is 9.80. The fourth-order valence-electron chi connectivity index (χ4n) is 2.90. The Morgan fingerprint density at radius 2 is 1.89 bits per heavy atom. The predicted octanol–water partition coefficient (Wildman–Crippen LogP) is 3.81. The lowest BCUT2D eigenvalue weighted by atomic mass is 10.0. The van der Waals surface area contributed by atoms with E-state index in [1.807, 2.05) is 0 Å². The highest BCUT2D eigenvalue weighted by Gasteiger charge is 2.13. The molecule has 0 saturated carbocycles. The first-order valence-electron chi connectivity index (χ1n) is 8.21. The molecular formula is C16H34N2. The van der Waals surface area contributed by atoms with E-state index in [1.54, 1.807) is 0 Å². The van der Waals surface area contributed by atoms with Crippen molar-refractivity contribution in [2.45, 2.75) is 84.2 Å². The zero-order chi connectivity index (χ0) is 13.2. The van der Waals surface area contributed by atoms with Gasteiger partial charge in [-0.3, -0.25) is 0 Å². The van der Waals surface area contributed by atoms with Crippen LogP contribution in [0.4, 0.5) is 0 Å². The van der Waals surface area contributed by atoms with Crippen LogP contribution in [-0.4, -0.2) is 36.6 Å². The number of nitrogens with zero attached hydrogens (tertiary/aromatic N) is 1. The Hall–Kier alpha value is -0.0800. The second-order valence-corrected chi connectivity index (χ2v) is 6.13. The molecule has 1 aliphatic rings. The van der Waals surface area contributed by atoms with Gasteiger partial charge in [0.1, 0.15) is 0 Å². The normalized spacial score (nSPS) is 20.8. The molecule has 1 atom stereocenters. The topological polar surface area (TPSA) is 15.3 Å². The standard InChI is InChI=1S/C16H34N2/c1-4-5-8-13-18(15(2)3)14-9-11-16-10-6-7-12-17-16/h15-17H,4-14H2,1-3H3. The minimum Gasteiger partial charge on any atom is -0.314 e. The van der Waals surface area contributed by atoms with E-state index in [2.05, 4.69) is 31.0 Å². The molecule has 1 N–H and O–H groups in total. The SMILES string of the molecule is CCCCCN(CCCC1CCCCN1)C(C)C. The minimum absolute atomic E-state index is 0.709. The van der Waals surface area contributed by atoms with Crippen molar-refractivity contribution in [2.75, 3.05) is 19.6 Å². The van der Waals surface area contributed by atoms with Crippen LogP contribution in [0.15, 0.2) is 0 Å². The first-order chi connectivity index (χ1) is 8.74. The monoisotopic (exact) mass is 254 g/mol. The van der Waals surface area contributed by atoms with Crippen molar-refractivity contribution in [1.82, 2.24) is 10.2 Å². The highest BCUT2D eigenvalue weighted by atomic mass is 15.1. The van der Waals surface area contributed by atoms with Crippen molar-refractivity contribution in [3.8, 4) is 0 Å². The quantitative estimate of drug-likeness (QED) is 0.629. The van der Waals surface area contributed by atoms with Gasteiger partial charge in [-0.05, 0) is 65.6 Å². The number of unbranched alkanes of at least 4 members (excludes halogenated alkanes) is 2. The van der Waals surface area contributed by atoms with Crippen LogP contribution in [0.3, 0.4) is 0 Å². The predicted molar refractivity (Wildman–Crippen MR) is 81.1 cm³/mol. The van der Waals surface area contributed by atoms with Gasteiger partial charge in [0, 0.05) is 12.1 Å². The maximum absolute atomic E-state index is 3.66. The summed E-state index contributed by atoms with van der Waals surface area (Å²) in [6.45, 7) is 10.8. The van der Waals surface area contributed by atoms with Gasteiger partial charge in [0.15, 0.2) is 0 Å². The molecule has 1 fully saturated rings. The van der Waals surface area contributed by atoms with Crippen molar-refractivity contribution in [2.24, 2.45) is 0 Å². The molecule has 0 bridgehead atoms. The van der Waals surface area contributed by atoms with Crippen LogP contribution in [0.1, 0.15) is 72.1 Å². The van der Waals surface area contributed by atoms with E-state index in [0.717, 1.165) is 6.04 Å². The van der Waals surface area contributed by atoms with E-state index < -0.39 is 0 Å². The summed E-state index contributed by atoms with van der Waals surface area (Å²) in [4.78, 5) is 2.67. The van der Waals surface area contributed by atoms with Crippen molar-refractivity contribution in [1.29, 1.82) is 0 Å². The Balaban J connectivity index is 2.11. The third-order valence-electron chi connectivity index (χ3n) is 4.19. The average molecular weight is 254 g/mol. The van der Waals surface area contributed by atoms with Gasteiger partial charge in [0.05, 0.1) is 0 Å². The third kappa shape index (κ3) is 6.75. The average Bonchev–Trinajstić information content (AvgIpc) is 2.38. The summed E-state index contributed by atoms with van der Waals surface area (Å²) < 4.78 is 0. The second-order valence-electron chi connectivity index (χ2n) is 6.13. The highest BCUT2D eigenvalue weighted by molar-refractivity contribution is 4.73. The van der Waals surface area contributed by atoms with Crippen LogP contribution >= 0.6 is 0 Å². The summed E-state index contributed by atoms with van der Waals surface area (Å²) in [5.74, 6) is 0. The Morgan fingerprint density at radius 1 is 1.11 bits per heavy atom. The fourth-order valence-corrected chi connectivity index (χ4v) is 2.90. The number of nitrogens with one attached hydrogen (secondary N) is 1. The van der Waals surface area contributed by atoms with Crippen molar-refractivity contribution in [3.63, 3.8) is 0 Å². The summed E-state index contributed by atoms with van der Waals surface area (Å²) in [5.41, 5.74) is 0. The molecular weight excluding hydrogens is 220 g/mol. The molecule has 108 valence electrons. The highest BCUT2D eigenvalue weighted by Crippen LogP contribution is 2.13. The van der Waals surface area contributed by atoms with E-state index in [4.69, 9.17) is 0 Å². The number of hydrogen-bond acceptors (Lipinski definition) is 2. The largest absolute Gasteiger partial charge is 0.314 e. The van der Waals surface area contributed by atoms with Crippen molar-refractivity contribution < 1.29 is 0 Å². The first kappa shape index (κ1) is 16.0. The van der Waals surface area contributed by atoms with E-state index in [9.17, 15) is 0 Å². The van der Waals surface area contributed by atoms with Crippen LogP contribution in [0.5, 0.6) is 0 Å². The first-order valence-corrected chi connectivity index (χ1v) is 8.21. The third-order valence-corrected chi connectivity index (χ3v) is 4.19. The van der Waals surface area contributed by atoms with Crippen molar-refractivity contribution >= 4 is 0 Å². The Bertz CT molecular complexity index is 186. The lowest BCUT2D eigenvalue weighted by Gasteiger charge is -2.28. The van der Waals surface area contributed by atoms with Gasteiger partial charge in [0.2, 0.25) is 0 Å². The van der Waals surface area contributed by atoms with Crippen molar-refractivity contribution in [3.05, 3.63) is 0 Å². The molecule has 1 unspecified atom stereocenters. The Morgan fingerprint density at radius 3 is 2.50 bits per heavy atom. The lowest BCUT2D eigenvalue weighted by molar-refractivity contribution is 0.207. The van der Waals surface area contributed by atoms with Gasteiger partial charge in [-0.1, -0.05) is 26.2 Å². The molecule has 0 aromatic rings. The molecule has 0 amide bonds. The molecule has 2 nitrogen and oxygen atoms in total. The van der Waals surface area contributed by atoms with Gasteiger partial charge in [-0.2, -0.15) is 0 Å². The van der Waals surface area contributed by atoms with Crippen LogP contribution < -0.4 is 5.32 Å². The Labute approximate surface area is 115 Å². The Kier molecular flexibility index (Phi) is 8.70. The van der Waals surface area contributed by atoms with Gasteiger partial charge < -0.3 is 10.2 Å². The molecule has 1 rings (SSSR count). The summed E-state index contributed by atoms with van der Waals surface area (Å²) in [5, 5.41) is 3.66. The summed E-state index contributed by atoms with van der Waals surface area (Å²) in [6, 6.07) is 1.52. The van der Waals surface area contributed by atoms with Crippen LogP contribution in [-0.2, 0) is 0 Å². The molecule has 1 saturated heterocycles. The maximum atomic E-state index is 3.66. The van der Waals surface area contributed by atoms with E-state index in [0.29, 0.717) is 6.04 Å². The lowest BCUT2D eigenvalue weighted by Crippen LogP contribution is -2.36. The van der Waals surface area contributed by atoms with Gasteiger partial charge >= 0.3 is 0 Å². The fraction of sp³-hybridized carbons (Fsp3) is 1.00. The molecule has 2 heteroatoms. The van der Waals surface area contributed by atoms with E-state index in [-0.39, 0.29) is 0 Å².